The lowest BCUT2D eigenvalue weighted by molar-refractivity contribution is -0.119. The van der Waals surface area contributed by atoms with Gasteiger partial charge in [-0.1, -0.05) is 13.8 Å². The minimum Gasteiger partial charge on any atom is -0.399 e. The fourth-order valence-corrected chi connectivity index (χ4v) is 1.95. The number of fused-ring (bicyclic) bond motifs is 1. The van der Waals surface area contributed by atoms with Crippen LogP contribution in [0.3, 0.4) is 0 Å². The van der Waals surface area contributed by atoms with E-state index in [1.165, 1.54) is 0 Å². The van der Waals surface area contributed by atoms with E-state index in [1.807, 2.05) is 38.1 Å². The maximum atomic E-state index is 11.4. The fourth-order valence-electron chi connectivity index (χ4n) is 1.95. The van der Waals surface area contributed by atoms with Gasteiger partial charge in [0.2, 0.25) is 5.91 Å². The molecule has 0 aliphatic rings. The van der Waals surface area contributed by atoms with Gasteiger partial charge in [-0.15, -0.1) is 0 Å². The largest absolute Gasteiger partial charge is 0.399 e. The molecule has 1 unspecified atom stereocenters. The number of rotatable bonds is 4. The Hall–Kier alpha value is -2.30. The van der Waals surface area contributed by atoms with Crippen molar-refractivity contribution in [3.8, 4) is 0 Å². The number of hydrogen-bond donors (Lipinski definition) is 3. The van der Waals surface area contributed by atoms with Crippen LogP contribution in [0.15, 0.2) is 30.3 Å². The topological polar surface area (TPSA) is 94.0 Å². The van der Waals surface area contributed by atoms with Gasteiger partial charge in [0.15, 0.2) is 0 Å². The van der Waals surface area contributed by atoms with Crippen LogP contribution in [-0.4, -0.2) is 16.9 Å². The molecule has 1 aromatic heterocycles. The molecule has 5 nitrogen and oxygen atoms in total. The summed E-state index contributed by atoms with van der Waals surface area (Å²) >= 11 is 0. The summed E-state index contributed by atoms with van der Waals surface area (Å²) in [6.07, 6.45) is 0. The highest BCUT2D eigenvalue weighted by Gasteiger charge is 2.19. The van der Waals surface area contributed by atoms with E-state index in [2.05, 4.69) is 10.3 Å². The second-order valence-electron chi connectivity index (χ2n) is 4.92. The lowest BCUT2D eigenvalue weighted by Crippen LogP contribution is -2.39. The van der Waals surface area contributed by atoms with Crippen LogP contribution in [0.1, 0.15) is 13.8 Å². The van der Waals surface area contributed by atoms with Crippen molar-refractivity contribution in [2.45, 2.75) is 19.9 Å². The zero-order chi connectivity index (χ0) is 14.0. The third-order valence-corrected chi connectivity index (χ3v) is 2.99. The third-order valence-electron chi connectivity index (χ3n) is 2.99. The Balaban J connectivity index is 2.31. The van der Waals surface area contributed by atoms with Gasteiger partial charge in [-0.25, -0.2) is 4.98 Å². The van der Waals surface area contributed by atoms with Crippen LogP contribution in [0.25, 0.3) is 10.9 Å². The van der Waals surface area contributed by atoms with Crippen LogP contribution in [0, 0.1) is 5.92 Å². The Morgan fingerprint density at radius 2 is 2.00 bits per heavy atom. The van der Waals surface area contributed by atoms with E-state index >= 15 is 0 Å². The fraction of sp³-hybridized carbons (Fsp3) is 0.286. The van der Waals surface area contributed by atoms with Gasteiger partial charge < -0.3 is 16.8 Å². The second-order valence-corrected chi connectivity index (χ2v) is 4.92. The predicted molar refractivity (Wildman–Crippen MR) is 77.6 cm³/mol. The van der Waals surface area contributed by atoms with Crippen molar-refractivity contribution in [2.75, 3.05) is 11.1 Å². The van der Waals surface area contributed by atoms with Crippen molar-refractivity contribution in [1.82, 2.24) is 4.98 Å². The molecule has 0 aliphatic carbocycles. The van der Waals surface area contributed by atoms with Gasteiger partial charge in [-0.05, 0) is 36.2 Å². The summed E-state index contributed by atoms with van der Waals surface area (Å²) in [5.41, 5.74) is 12.6. The number of amides is 1. The van der Waals surface area contributed by atoms with E-state index in [-0.39, 0.29) is 11.8 Å². The van der Waals surface area contributed by atoms with Gasteiger partial charge in [0, 0.05) is 11.1 Å². The molecule has 0 aliphatic heterocycles. The standard InChI is InChI=1S/C14H18N4O/c1-8(2)13(14(16)19)18-12-6-3-9-7-10(15)4-5-11(9)17-12/h3-8,13H,15H2,1-2H3,(H2,16,19)(H,17,18). The van der Waals surface area contributed by atoms with Gasteiger partial charge in [-0.2, -0.15) is 0 Å². The number of hydrogen-bond acceptors (Lipinski definition) is 4. The van der Waals surface area contributed by atoms with Crippen LogP contribution in [0.4, 0.5) is 11.5 Å². The number of anilines is 2. The summed E-state index contributed by atoms with van der Waals surface area (Å²) in [7, 11) is 0. The molecule has 5 heteroatoms. The number of carbonyl (C=O) groups is 1. The number of nitrogens with two attached hydrogens (primary N) is 2. The lowest BCUT2D eigenvalue weighted by atomic mass is 10.0. The monoisotopic (exact) mass is 258 g/mol. The van der Waals surface area contributed by atoms with Crippen molar-refractivity contribution < 1.29 is 4.79 Å². The first-order valence-electron chi connectivity index (χ1n) is 6.19. The van der Waals surface area contributed by atoms with Crippen LogP contribution in [-0.2, 0) is 4.79 Å². The molecule has 0 saturated carbocycles. The number of nitrogen functional groups attached to an aromatic ring is 1. The smallest absolute Gasteiger partial charge is 0.240 e. The Kier molecular flexibility index (Phi) is 3.55. The van der Waals surface area contributed by atoms with Gasteiger partial charge >= 0.3 is 0 Å². The molecule has 2 rings (SSSR count). The average molecular weight is 258 g/mol. The summed E-state index contributed by atoms with van der Waals surface area (Å²) < 4.78 is 0. The molecule has 5 N–H and O–H groups in total. The summed E-state index contributed by atoms with van der Waals surface area (Å²) in [5, 5.41) is 4.03. The minimum atomic E-state index is -0.432. The first-order valence-corrected chi connectivity index (χ1v) is 6.19. The molecule has 1 amide bonds. The van der Waals surface area contributed by atoms with Crippen LogP contribution in [0.5, 0.6) is 0 Å². The number of pyridine rings is 1. The van der Waals surface area contributed by atoms with Crippen molar-refractivity contribution >= 4 is 28.3 Å². The van der Waals surface area contributed by atoms with E-state index in [4.69, 9.17) is 11.5 Å². The molecule has 1 heterocycles. The quantitative estimate of drug-likeness (QED) is 0.728. The van der Waals surface area contributed by atoms with Crippen molar-refractivity contribution in [3.05, 3.63) is 30.3 Å². The molecule has 0 spiro atoms. The molecule has 0 radical (unpaired) electrons. The number of nitrogens with one attached hydrogen (secondary N) is 1. The third kappa shape index (κ3) is 2.93. The first kappa shape index (κ1) is 13.1. The predicted octanol–water partition coefficient (Wildman–Crippen LogP) is 1.74. The van der Waals surface area contributed by atoms with Gasteiger partial charge in [0.25, 0.3) is 0 Å². The molecule has 0 saturated heterocycles. The second kappa shape index (κ2) is 5.14. The lowest BCUT2D eigenvalue weighted by Gasteiger charge is -2.19. The zero-order valence-electron chi connectivity index (χ0n) is 11.1. The molecule has 2 aromatic rings. The minimum absolute atomic E-state index is 0.0985. The normalized spacial score (nSPS) is 12.6. The van der Waals surface area contributed by atoms with Crippen LogP contribution in [0.2, 0.25) is 0 Å². The highest BCUT2D eigenvalue weighted by atomic mass is 16.1. The molecular formula is C14H18N4O. The van der Waals surface area contributed by atoms with Crippen molar-refractivity contribution in [1.29, 1.82) is 0 Å². The maximum absolute atomic E-state index is 11.4. The highest BCUT2D eigenvalue weighted by Crippen LogP contribution is 2.19. The molecule has 100 valence electrons. The number of nitrogens with zero attached hydrogens (tertiary/aromatic N) is 1. The number of primary amides is 1. The van der Waals surface area contributed by atoms with E-state index in [0.29, 0.717) is 11.5 Å². The highest BCUT2D eigenvalue weighted by molar-refractivity contribution is 5.85. The summed E-state index contributed by atoms with van der Waals surface area (Å²) in [5.74, 6) is 0.352. The summed E-state index contributed by atoms with van der Waals surface area (Å²) in [6, 6.07) is 8.82. The number of carbonyl (C=O) groups excluding carboxylic acids is 1. The first-order chi connectivity index (χ1) is 8.97. The van der Waals surface area contributed by atoms with E-state index < -0.39 is 6.04 Å². The number of aromatic nitrogens is 1. The van der Waals surface area contributed by atoms with Crippen LogP contribution < -0.4 is 16.8 Å². The van der Waals surface area contributed by atoms with E-state index in [0.717, 1.165) is 10.9 Å². The van der Waals surface area contributed by atoms with Crippen molar-refractivity contribution in [3.63, 3.8) is 0 Å². The van der Waals surface area contributed by atoms with Gasteiger partial charge in [0.05, 0.1) is 5.52 Å². The molecule has 1 aromatic carbocycles. The number of benzene rings is 1. The molecule has 0 bridgehead atoms. The van der Waals surface area contributed by atoms with E-state index in [9.17, 15) is 4.79 Å². The SMILES string of the molecule is CC(C)C(Nc1ccc2cc(N)ccc2n1)C(N)=O. The van der Waals surface area contributed by atoms with Gasteiger partial charge in [-0.3, -0.25) is 4.79 Å². The molecule has 19 heavy (non-hydrogen) atoms. The summed E-state index contributed by atoms with van der Waals surface area (Å²) in [4.78, 5) is 15.8. The van der Waals surface area contributed by atoms with Crippen LogP contribution >= 0.6 is 0 Å². The Labute approximate surface area is 112 Å². The van der Waals surface area contributed by atoms with Crippen molar-refractivity contribution in [2.24, 2.45) is 11.7 Å². The molecular weight excluding hydrogens is 240 g/mol. The zero-order valence-corrected chi connectivity index (χ0v) is 11.1. The molecule has 1 atom stereocenters. The maximum Gasteiger partial charge on any atom is 0.240 e. The Morgan fingerprint density at radius 3 is 2.63 bits per heavy atom. The molecule has 0 fully saturated rings. The van der Waals surface area contributed by atoms with E-state index in [1.54, 1.807) is 6.07 Å². The Bertz CT molecular complexity index is 609. The average Bonchev–Trinajstić information content (AvgIpc) is 2.35. The summed E-state index contributed by atoms with van der Waals surface area (Å²) in [6.45, 7) is 3.87. The Morgan fingerprint density at radius 1 is 1.26 bits per heavy atom. The van der Waals surface area contributed by atoms with Gasteiger partial charge in [0.1, 0.15) is 11.9 Å².